The van der Waals surface area contributed by atoms with Crippen LogP contribution in [0.3, 0.4) is 0 Å². The van der Waals surface area contributed by atoms with E-state index in [4.69, 9.17) is 18.6 Å². The average molecular weight is 446 g/mol. The number of benzene rings is 2. The van der Waals surface area contributed by atoms with Crippen molar-refractivity contribution in [3.05, 3.63) is 47.0 Å². The number of rotatable bonds is 3. The van der Waals surface area contributed by atoms with Gasteiger partial charge in [-0.3, -0.25) is 0 Å². The predicted molar refractivity (Wildman–Crippen MR) is 114 cm³/mol. The summed E-state index contributed by atoms with van der Waals surface area (Å²) in [4.78, 5) is 2.53. The van der Waals surface area contributed by atoms with Crippen LogP contribution in [-0.4, -0.2) is 18.2 Å². The fraction of sp³-hybridized carbons (Fsp3) is 0.400. The topological polar surface area (TPSA) is 23.5 Å². The molecule has 1 aliphatic heterocycles. The van der Waals surface area contributed by atoms with Gasteiger partial charge >= 0.3 is 35.6 Å². The first-order chi connectivity index (χ1) is 12.5. The molecule has 26 heavy (non-hydrogen) atoms. The summed E-state index contributed by atoms with van der Waals surface area (Å²) in [6, 6.07) is 10.8. The molecule has 0 spiro atoms. The molecule has 0 aliphatic carbocycles. The second kappa shape index (κ2) is 10.9. The predicted octanol–water partition coefficient (Wildman–Crippen LogP) is 5.31. The van der Waals surface area contributed by atoms with Crippen molar-refractivity contribution in [2.75, 3.05) is 18.0 Å². The zero-order chi connectivity index (χ0) is 19.1. The Morgan fingerprint density at radius 1 is 1.00 bits per heavy atom. The first kappa shape index (κ1) is 22.1. The molecule has 3 rings (SSSR count). The molecule has 1 heterocycles. The monoisotopic (exact) mass is 445 g/mol. The quantitative estimate of drug-likeness (QED) is 0.510. The number of piperidine rings is 1. The van der Waals surface area contributed by atoms with Crippen molar-refractivity contribution in [1.29, 1.82) is 0 Å². The van der Waals surface area contributed by atoms with Crippen LogP contribution in [-0.2, 0) is 17.0 Å². The van der Waals surface area contributed by atoms with E-state index in [1.54, 1.807) is 0 Å². The van der Waals surface area contributed by atoms with Gasteiger partial charge in [-0.1, -0.05) is 26.8 Å². The van der Waals surface area contributed by atoms with E-state index >= 15 is 0 Å². The van der Waals surface area contributed by atoms with Gasteiger partial charge in [0.15, 0.2) is 0 Å². The van der Waals surface area contributed by atoms with Crippen molar-refractivity contribution < 1.29 is 22.1 Å². The van der Waals surface area contributed by atoms with Gasteiger partial charge in [0.1, 0.15) is 5.75 Å². The number of phenolic OH excluding ortho intramolecular Hbond substituents is 1. The molecule has 2 nitrogen and oxygen atoms in total. The summed E-state index contributed by atoms with van der Waals surface area (Å²) in [5.74, 6) is 0.460. The maximum atomic E-state index is 10.5. The van der Waals surface area contributed by atoms with Gasteiger partial charge in [-0.25, -0.2) is 0 Å². The van der Waals surface area contributed by atoms with Crippen LogP contribution in [0, 0.1) is 20.8 Å². The van der Waals surface area contributed by atoms with E-state index in [0.29, 0.717) is 14.3 Å². The van der Waals surface area contributed by atoms with E-state index in [1.165, 1.54) is 41.4 Å². The van der Waals surface area contributed by atoms with Crippen LogP contribution in [0.1, 0.15) is 36.0 Å². The Kier molecular flexibility index (Phi) is 9.28. The van der Waals surface area contributed by atoms with Crippen LogP contribution in [0.2, 0.25) is 0 Å². The van der Waals surface area contributed by atoms with Crippen LogP contribution in [0.15, 0.2) is 30.3 Å². The molecule has 2 aromatic rings. The molecule has 1 saturated heterocycles. The second-order valence-electron chi connectivity index (χ2n) is 6.69. The van der Waals surface area contributed by atoms with Crippen LogP contribution >= 0.6 is 27.2 Å². The molecule has 1 atom stereocenters. The van der Waals surface area contributed by atoms with Gasteiger partial charge in [0.25, 0.3) is 0 Å². The number of hydrogen-bond donors (Lipinski definition) is 1. The molecule has 1 N–H and O–H groups in total. The Hall–Kier alpha value is -0.236. The van der Waals surface area contributed by atoms with Crippen molar-refractivity contribution in [2.24, 2.45) is 0 Å². The molecule has 2 aromatic carbocycles. The van der Waals surface area contributed by atoms with Gasteiger partial charge in [-0.15, -0.1) is 0 Å². The van der Waals surface area contributed by atoms with Crippen LogP contribution in [0.25, 0.3) is 0 Å². The van der Waals surface area contributed by atoms with Crippen LogP contribution < -0.4 is 15.5 Å². The summed E-state index contributed by atoms with van der Waals surface area (Å²) in [6.07, 6.45) is 3.91. The van der Waals surface area contributed by atoms with E-state index in [2.05, 4.69) is 43.0 Å². The van der Waals surface area contributed by atoms with Gasteiger partial charge in [-0.2, -0.15) is 0 Å². The van der Waals surface area contributed by atoms with Gasteiger partial charge in [0.2, 0.25) is 0 Å². The summed E-state index contributed by atoms with van der Waals surface area (Å²) >= 11 is -0.556. The zero-order valence-electron chi connectivity index (χ0n) is 15.6. The summed E-state index contributed by atoms with van der Waals surface area (Å²) in [5, 5.41) is 12.9. The standard InChI is InChI=1S/C20H26NOP.2ClH.Ti/c1-14-12-16(3)19(22)18(13-14)23-20-15(2)8-7-9-17(20)21-10-5-4-6-11-21;;;/h7-9,12-13,22-23H,4-6,10-11H2,1-3H3;2*1H;/q;;;+2/p-2. The van der Waals surface area contributed by atoms with Crippen LogP contribution in [0.4, 0.5) is 5.69 Å². The fourth-order valence-electron chi connectivity index (χ4n) is 3.40. The Balaban J connectivity index is 0.000000758. The Morgan fingerprint density at radius 3 is 2.31 bits per heavy atom. The van der Waals surface area contributed by atoms with Crippen molar-refractivity contribution in [2.45, 2.75) is 40.0 Å². The van der Waals surface area contributed by atoms with E-state index in [-0.39, 0.29) is 0 Å². The van der Waals surface area contributed by atoms with Gasteiger partial charge in [0.05, 0.1) is 0 Å². The second-order valence-corrected chi connectivity index (χ2v) is 10.6. The maximum absolute atomic E-state index is 10.5. The van der Waals surface area contributed by atoms with Gasteiger partial charge < -0.3 is 10.0 Å². The minimum absolute atomic E-state index is 0.460. The normalized spacial score (nSPS) is 14.3. The molecular formula is C20H26Cl2NOPTi. The summed E-state index contributed by atoms with van der Waals surface area (Å²) in [7, 11) is 10.3. The molecule has 140 valence electrons. The number of halogens is 2. The number of aryl methyl sites for hydroxylation is 3. The zero-order valence-corrected chi connectivity index (χ0v) is 19.6. The van der Waals surface area contributed by atoms with E-state index < -0.39 is 17.0 Å². The number of aromatic hydroxyl groups is 1. The number of nitrogens with zero attached hydrogens (tertiary/aromatic N) is 1. The Labute approximate surface area is 175 Å². The van der Waals surface area contributed by atoms with E-state index in [9.17, 15) is 5.11 Å². The third kappa shape index (κ3) is 5.88. The molecule has 0 radical (unpaired) electrons. The third-order valence-corrected chi connectivity index (χ3v) is 6.20. The molecule has 1 unspecified atom stereocenters. The van der Waals surface area contributed by atoms with Crippen molar-refractivity contribution in [1.82, 2.24) is 0 Å². The first-order valence-electron chi connectivity index (χ1n) is 8.86. The van der Waals surface area contributed by atoms with Gasteiger partial charge in [-0.05, 0) is 68.9 Å². The molecule has 0 aromatic heterocycles. The van der Waals surface area contributed by atoms with E-state index in [0.717, 1.165) is 24.0 Å². The Bertz CT molecular complexity index is 736. The third-order valence-electron chi connectivity index (χ3n) is 4.65. The number of phenols is 1. The van der Waals surface area contributed by atoms with Crippen LogP contribution in [0.5, 0.6) is 5.75 Å². The summed E-state index contributed by atoms with van der Waals surface area (Å²) in [6.45, 7) is 8.58. The number of hydrogen-bond acceptors (Lipinski definition) is 2. The number of anilines is 1. The minimum atomic E-state index is -0.556. The van der Waals surface area contributed by atoms with Gasteiger partial charge in [0, 0.05) is 29.4 Å². The Morgan fingerprint density at radius 2 is 1.65 bits per heavy atom. The molecule has 1 fully saturated rings. The van der Waals surface area contributed by atoms with Crippen molar-refractivity contribution in [3.63, 3.8) is 0 Å². The van der Waals surface area contributed by atoms with Crippen molar-refractivity contribution >= 4 is 43.5 Å². The SMILES string of the molecule is Cc1cc(C)c(O)c(Pc2c(C)cccc2N2CCCCC2)c1.[Cl][Ti][Cl]. The van der Waals surface area contributed by atoms with Crippen molar-refractivity contribution in [3.8, 4) is 5.75 Å². The van der Waals surface area contributed by atoms with E-state index in [1.807, 2.05) is 13.0 Å². The molecule has 6 heteroatoms. The molecule has 0 bridgehead atoms. The molecule has 0 saturated carbocycles. The molecule has 1 aliphatic rings. The molecule has 0 amide bonds. The average Bonchev–Trinajstić information content (AvgIpc) is 2.62. The first-order valence-corrected chi connectivity index (χ1v) is 14.2. The summed E-state index contributed by atoms with van der Waals surface area (Å²) < 4.78 is 0. The fourth-order valence-corrected chi connectivity index (χ4v) is 4.94. The summed E-state index contributed by atoms with van der Waals surface area (Å²) in [5.41, 5.74) is 4.88. The molecular weight excluding hydrogens is 420 g/mol.